The van der Waals surface area contributed by atoms with Gasteiger partial charge in [-0.25, -0.2) is 4.98 Å². The van der Waals surface area contributed by atoms with Crippen LogP contribution < -0.4 is 0 Å². The van der Waals surface area contributed by atoms with Crippen LogP contribution in [0.15, 0.2) is 30.0 Å². The largest absolute Gasteiger partial charge is 0.430 e. The van der Waals surface area contributed by atoms with Crippen LogP contribution in [0.5, 0.6) is 0 Å². The predicted molar refractivity (Wildman–Crippen MR) is 116 cm³/mol. The van der Waals surface area contributed by atoms with Crippen molar-refractivity contribution < 1.29 is 19.1 Å². The van der Waals surface area contributed by atoms with Crippen molar-refractivity contribution in [3.63, 3.8) is 0 Å². The van der Waals surface area contributed by atoms with E-state index in [4.69, 9.17) is 9.72 Å². The molecule has 0 unspecified atom stereocenters. The Hall–Kier alpha value is -2.60. The number of ether oxygens (including phenoxy) is 1. The Morgan fingerprint density at radius 2 is 1.83 bits per heavy atom. The lowest BCUT2D eigenvalue weighted by atomic mass is 9.84. The van der Waals surface area contributed by atoms with Crippen LogP contribution in [0.4, 0.5) is 0 Å². The van der Waals surface area contributed by atoms with Crippen molar-refractivity contribution in [2.45, 2.75) is 47.0 Å². The summed E-state index contributed by atoms with van der Waals surface area (Å²) < 4.78 is 5.87. The number of hydrogen-bond acceptors (Lipinski definition) is 6. The van der Waals surface area contributed by atoms with Crippen molar-refractivity contribution in [1.29, 1.82) is 0 Å². The van der Waals surface area contributed by atoms with E-state index in [1.165, 1.54) is 11.3 Å². The van der Waals surface area contributed by atoms with Gasteiger partial charge in [-0.3, -0.25) is 14.4 Å². The summed E-state index contributed by atoms with van der Waals surface area (Å²) in [6, 6.07) is 7.21. The zero-order chi connectivity index (χ0) is 21.6. The van der Waals surface area contributed by atoms with Gasteiger partial charge in [0, 0.05) is 27.8 Å². The van der Waals surface area contributed by atoms with Gasteiger partial charge in [0.15, 0.2) is 5.78 Å². The first-order valence-electron chi connectivity index (χ1n) is 10.2. The quantitative estimate of drug-likeness (QED) is 0.497. The van der Waals surface area contributed by atoms with E-state index in [0.717, 1.165) is 41.0 Å². The summed E-state index contributed by atoms with van der Waals surface area (Å²) in [5.74, 6) is 0.288. The zero-order valence-corrected chi connectivity index (χ0v) is 18.5. The number of benzene rings is 1. The number of ketones is 1. The van der Waals surface area contributed by atoms with Crippen LogP contribution in [0.3, 0.4) is 0 Å². The van der Waals surface area contributed by atoms with Gasteiger partial charge in [-0.15, -0.1) is 11.3 Å². The number of Topliss-reactive ketones (excluding diaryl/α,β-unsaturated/α-hetero) is 1. The average molecular weight is 424 g/mol. The molecule has 2 aliphatic carbocycles. The number of esters is 1. The SMILES string of the molecule is Cc1sc(-c2ccc(C=O)cc2)nc1C1=C(OC(=O)C(C)(C)C)[C@H]2CC[C@H](C2)C1=O. The summed E-state index contributed by atoms with van der Waals surface area (Å²) in [6.07, 6.45) is 3.24. The van der Waals surface area contributed by atoms with E-state index in [-0.39, 0.29) is 23.6 Å². The molecule has 2 bridgehead atoms. The second-order valence-electron chi connectivity index (χ2n) is 9.11. The second-order valence-corrected chi connectivity index (χ2v) is 10.3. The Kier molecular flexibility index (Phi) is 5.22. The molecule has 0 N–H and O–H groups in total. The molecular weight excluding hydrogens is 398 g/mol. The molecule has 0 aliphatic heterocycles. The van der Waals surface area contributed by atoms with Crippen molar-refractivity contribution in [2.24, 2.45) is 17.3 Å². The third kappa shape index (κ3) is 3.65. The van der Waals surface area contributed by atoms with E-state index in [9.17, 15) is 14.4 Å². The molecule has 1 fully saturated rings. The minimum atomic E-state index is -0.654. The average Bonchev–Trinajstić information content (AvgIpc) is 3.31. The summed E-state index contributed by atoms with van der Waals surface area (Å²) in [6.45, 7) is 7.38. The molecule has 0 amide bonds. The topological polar surface area (TPSA) is 73.3 Å². The van der Waals surface area contributed by atoms with E-state index in [0.29, 0.717) is 22.6 Å². The van der Waals surface area contributed by atoms with Gasteiger partial charge in [-0.05, 0) is 47.0 Å². The second kappa shape index (κ2) is 7.58. The van der Waals surface area contributed by atoms with Gasteiger partial charge >= 0.3 is 5.97 Å². The lowest BCUT2D eigenvalue weighted by Gasteiger charge is -2.26. The molecule has 2 atom stereocenters. The first-order valence-corrected chi connectivity index (χ1v) is 11.0. The maximum atomic E-state index is 13.3. The van der Waals surface area contributed by atoms with Crippen LogP contribution in [0.1, 0.15) is 61.0 Å². The number of aromatic nitrogens is 1. The molecule has 0 spiro atoms. The third-order valence-electron chi connectivity index (χ3n) is 5.81. The minimum absolute atomic E-state index is 0.0153. The Morgan fingerprint density at radius 3 is 2.47 bits per heavy atom. The highest BCUT2D eigenvalue weighted by Gasteiger charge is 2.44. The molecule has 156 valence electrons. The van der Waals surface area contributed by atoms with Crippen LogP contribution in [0.2, 0.25) is 0 Å². The number of fused-ring (bicyclic) bond motifs is 2. The maximum absolute atomic E-state index is 13.3. The maximum Gasteiger partial charge on any atom is 0.316 e. The molecule has 30 heavy (non-hydrogen) atoms. The number of allylic oxidation sites excluding steroid dienone is 2. The molecule has 6 heteroatoms. The molecule has 5 nitrogen and oxygen atoms in total. The molecule has 2 aliphatic rings. The minimum Gasteiger partial charge on any atom is -0.430 e. The van der Waals surface area contributed by atoms with Gasteiger partial charge in [0.2, 0.25) is 0 Å². The number of aldehydes is 1. The fourth-order valence-electron chi connectivity index (χ4n) is 4.06. The standard InChI is InChI=1S/C24H25NO4S/c1-13-19(25-22(30-13)15-7-5-14(12-26)6-8-15)18-20(27)16-9-10-17(11-16)21(18)29-23(28)24(2,3)4/h5-8,12,16-17H,9-11H2,1-4H3/t16-,17+/m1/s1. The number of carbonyl (C=O) groups excluding carboxylic acids is 3. The van der Waals surface area contributed by atoms with Gasteiger partial charge in [0.05, 0.1) is 16.7 Å². The molecule has 1 saturated carbocycles. The first kappa shape index (κ1) is 20.7. The lowest BCUT2D eigenvalue weighted by Crippen LogP contribution is -2.28. The Bertz CT molecular complexity index is 1060. The van der Waals surface area contributed by atoms with Crippen molar-refractivity contribution in [3.05, 3.63) is 46.2 Å². The predicted octanol–water partition coefficient (Wildman–Crippen LogP) is 5.23. The monoisotopic (exact) mass is 423 g/mol. The van der Waals surface area contributed by atoms with E-state index < -0.39 is 5.41 Å². The molecule has 1 aromatic heterocycles. The molecule has 2 aromatic rings. The number of thiazole rings is 1. The van der Waals surface area contributed by atoms with Crippen molar-refractivity contribution in [1.82, 2.24) is 4.98 Å². The van der Waals surface area contributed by atoms with Crippen LogP contribution in [0, 0.1) is 24.2 Å². The van der Waals surface area contributed by atoms with E-state index in [2.05, 4.69) is 0 Å². The van der Waals surface area contributed by atoms with Gasteiger partial charge in [0.1, 0.15) is 17.1 Å². The third-order valence-corrected chi connectivity index (χ3v) is 6.83. The highest BCUT2D eigenvalue weighted by molar-refractivity contribution is 7.15. The molecule has 4 rings (SSSR count). The first-order chi connectivity index (χ1) is 14.2. The lowest BCUT2D eigenvalue weighted by molar-refractivity contribution is -0.149. The van der Waals surface area contributed by atoms with Crippen LogP contribution in [-0.2, 0) is 14.3 Å². The number of rotatable bonds is 4. The van der Waals surface area contributed by atoms with E-state index >= 15 is 0 Å². The van der Waals surface area contributed by atoms with E-state index in [1.54, 1.807) is 12.1 Å². The van der Waals surface area contributed by atoms with Crippen molar-refractivity contribution in [3.8, 4) is 10.6 Å². The number of carbonyl (C=O) groups is 3. The van der Waals surface area contributed by atoms with Crippen molar-refractivity contribution in [2.75, 3.05) is 0 Å². The summed E-state index contributed by atoms with van der Waals surface area (Å²) in [5.41, 5.74) is 1.94. The molecule has 1 aromatic carbocycles. The smallest absolute Gasteiger partial charge is 0.316 e. The number of hydrogen-bond donors (Lipinski definition) is 0. The Morgan fingerprint density at radius 1 is 1.17 bits per heavy atom. The fourth-order valence-corrected chi connectivity index (χ4v) is 4.99. The van der Waals surface area contributed by atoms with Gasteiger partial charge < -0.3 is 4.74 Å². The van der Waals surface area contributed by atoms with Gasteiger partial charge in [-0.1, -0.05) is 24.3 Å². The summed E-state index contributed by atoms with van der Waals surface area (Å²) in [5, 5.41) is 0.777. The Balaban J connectivity index is 1.79. The van der Waals surface area contributed by atoms with Gasteiger partial charge in [-0.2, -0.15) is 0 Å². The van der Waals surface area contributed by atoms with E-state index in [1.807, 2.05) is 39.8 Å². The van der Waals surface area contributed by atoms with Crippen LogP contribution in [0.25, 0.3) is 16.1 Å². The highest BCUT2D eigenvalue weighted by Crippen LogP contribution is 2.48. The fraction of sp³-hybridized carbons (Fsp3) is 0.417. The van der Waals surface area contributed by atoms with Gasteiger partial charge in [0.25, 0.3) is 0 Å². The molecular formula is C24H25NO4S. The Labute approximate surface area is 180 Å². The van der Waals surface area contributed by atoms with Crippen LogP contribution >= 0.6 is 11.3 Å². The molecule has 0 saturated heterocycles. The normalized spacial score (nSPS) is 21.1. The van der Waals surface area contributed by atoms with Crippen LogP contribution in [-0.4, -0.2) is 23.0 Å². The highest BCUT2D eigenvalue weighted by atomic mass is 32.1. The summed E-state index contributed by atoms with van der Waals surface area (Å²) in [4.78, 5) is 42.6. The number of aryl methyl sites for hydroxylation is 1. The summed E-state index contributed by atoms with van der Waals surface area (Å²) in [7, 11) is 0. The molecule has 1 heterocycles. The molecule has 0 radical (unpaired) electrons. The van der Waals surface area contributed by atoms with Crippen molar-refractivity contribution >= 4 is 34.9 Å². The number of nitrogens with zero attached hydrogens (tertiary/aromatic N) is 1. The zero-order valence-electron chi connectivity index (χ0n) is 17.7. The summed E-state index contributed by atoms with van der Waals surface area (Å²) >= 11 is 1.50.